The van der Waals surface area contributed by atoms with E-state index >= 15 is 0 Å². The van der Waals surface area contributed by atoms with Crippen LogP contribution in [0.5, 0.6) is 0 Å². The van der Waals surface area contributed by atoms with E-state index in [2.05, 4.69) is 10.2 Å². The van der Waals surface area contributed by atoms with Crippen LogP contribution in [0.2, 0.25) is 0 Å². The van der Waals surface area contributed by atoms with Crippen LogP contribution in [-0.4, -0.2) is 21.1 Å². The summed E-state index contributed by atoms with van der Waals surface area (Å²) in [5.74, 6) is 5.51. The third-order valence-corrected chi connectivity index (χ3v) is 3.53. The Balaban J connectivity index is 2.31. The number of H-pyrrole nitrogens is 1. The Morgan fingerprint density at radius 3 is 2.72 bits per heavy atom. The SMILES string of the molecule is CSc1ccc(Cc2n[nH]c(=S)n(N)c2=O)cc1. The Morgan fingerprint density at radius 2 is 2.11 bits per heavy atom. The normalized spacial score (nSPS) is 10.5. The zero-order valence-corrected chi connectivity index (χ0v) is 11.3. The predicted molar refractivity (Wildman–Crippen MR) is 74.9 cm³/mol. The van der Waals surface area contributed by atoms with E-state index in [9.17, 15) is 4.79 Å². The topological polar surface area (TPSA) is 76.7 Å². The number of rotatable bonds is 3. The number of aromatic amines is 1. The van der Waals surface area contributed by atoms with Crippen molar-refractivity contribution in [3.8, 4) is 0 Å². The van der Waals surface area contributed by atoms with Crippen molar-refractivity contribution >= 4 is 24.0 Å². The van der Waals surface area contributed by atoms with Crippen molar-refractivity contribution in [1.82, 2.24) is 14.9 Å². The molecule has 0 fully saturated rings. The average molecular weight is 280 g/mol. The molecule has 5 nitrogen and oxygen atoms in total. The first-order chi connectivity index (χ1) is 8.61. The van der Waals surface area contributed by atoms with Gasteiger partial charge < -0.3 is 5.84 Å². The summed E-state index contributed by atoms with van der Waals surface area (Å²) in [4.78, 5) is 13.0. The standard InChI is InChI=1S/C11H12N4OS2/c1-18-8-4-2-7(3-5-8)6-9-10(16)15(12)11(17)14-13-9/h2-5H,6,12H2,1H3,(H,14,17). The minimum absolute atomic E-state index is 0.112. The van der Waals surface area contributed by atoms with Crippen molar-refractivity contribution in [3.63, 3.8) is 0 Å². The van der Waals surface area contributed by atoms with Crippen LogP contribution >= 0.6 is 24.0 Å². The number of thioether (sulfide) groups is 1. The summed E-state index contributed by atoms with van der Waals surface area (Å²) >= 11 is 6.48. The molecule has 94 valence electrons. The summed E-state index contributed by atoms with van der Waals surface area (Å²) in [6.45, 7) is 0. The number of nitrogens with one attached hydrogen (secondary N) is 1. The second-order valence-corrected chi connectivity index (χ2v) is 4.94. The maximum Gasteiger partial charge on any atom is 0.295 e. The van der Waals surface area contributed by atoms with Crippen molar-refractivity contribution < 1.29 is 0 Å². The second-order valence-electron chi connectivity index (χ2n) is 3.68. The Morgan fingerprint density at radius 1 is 1.44 bits per heavy atom. The van der Waals surface area contributed by atoms with Crippen LogP contribution in [0.25, 0.3) is 0 Å². The van der Waals surface area contributed by atoms with Crippen LogP contribution in [-0.2, 0) is 6.42 Å². The molecule has 1 aromatic heterocycles. The molecule has 0 saturated carbocycles. The Labute approximate surface area is 113 Å². The van der Waals surface area contributed by atoms with E-state index in [1.807, 2.05) is 30.5 Å². The molecule has 3 N–H and O–H groups in total. The number of aromatic nitrogens is 3. The van der Waals surface area contributed by atoms with E-state index in [-0.39, 0.29) is 10.3 Å². The summed E-state index contributed by atoms with van der Waals surface area (Å²) < 4.78 is 1.01. The van der Waals surface area contributed by atoms with Gasteiger partial charge in [0.15, 0.2) is 0 Å². The van der Waals surface area contributed by atoms with Gasteiger partial charge in [-0.25, -0.2) is 0 Å². The van der Waals surface area contributed by atoms with Crippen LogP contribution in [0.15, 0.2) is 34.0 Å². The molecule has 7 heteroatoms. The molecule has 0 saturated heterocycles. The van der Waals surface area contributed by atoms with Gasteiger partial charge in [-0.1, -0.05) is 12.1 Å². The molecule has 0 unspecified atom stereocenters. The largest absolute Gasteiger partial charge is 0.334 e. The third kappa shape index (κ3) is 2.62. The van der Waals surface area contributed by atoms with E-state index in [1.54, 1.807) is 11.8 Å². The third-order valence-electron chi connectivity index (χ3n) is 2.50. The molecule has 2 aromatic rings. The summed E-state index contributed by atoms with van der Waals surface area (Å²) in [6.07, 6.45) is 2.44. The van der Waals surface area contributed by atoms with Gasteiger partial charge in [-0.05, 0) is 36.2 Å². The molecule has 1 heterocycles. The van der Waals surface area contributed by atoms with Crippen molar-refractivity contribution in [2.24, 2.45) is 0 Å². The average Bonchev–Trinajstić information content (AvgIpc) is 2.40. The van der Waals surface area contributed by atoms with E-state index < -0.39 is 0 Å². The van der Waals surface area contributed by atoms with Crippen LogP contribution in [0.1, 0.15) is 11.3 Å². The van der Waals surface area contributed by atoms with Crippen molar-refractivity contribution in [2.75, 3.05) is 12.1 Å². The van der Waals surface area contributed by atoms with Gasteiger partial charge in [-0.2, -0.15) is 9.77 Å². The number of benzene rings is 1. The van der Waals surface area contributed by atoms with Crippen LogP contribution in [0.3, 0.4) is 0 Å². The second kappa shape index (κ2) is 5.36. The van der Waals surface area contributed by atoms with Crippen molar-refractivity contribution in [2.45, 2.75) is 11.3 Å². The highest BCUT2D eigenvalue weighted by Crippen LogP contribution is 2.15. The molecular weight excluding hydrogens is 268 g/mol. The number of hydrogen-bond acceptors (Lipinski definition) is 5. The van der Waals surface area contributed by atoms with Crippen molar-refractivity contribution in [3.05, 3.63) is 50.6 Å². The van der Waals surface area contributed by atoms with E-state index in [0.29, 0.717) is 12.1 Å². The molecule has 18 heavy (non-hydrogen) atoms. The lowest BCUT2D eigenvalue weighted by atomic mass is 10.1. The highest BCUT2D eigenvalue weighted by Gasteiger charge is 2.06. The zero-order valence-electron chi connectivity index (χ0n) is 9.71. The van der Waals surface area contributed by atoms with E-state index in [0.717, 1.165) is 10.2 Å². The Hall–Kier alpha value is -1.60. The maximum absolute atomic E-state index is 11.8. The van der Waals surface area contributed by atoms with Crippen LogP contribution < -0.4 is 11.4 Å². The van der Waals surface area contributed by atoms with Gasteiger partial charge in [0, 0.05) is 11.3 Å². The quantitative estimate of drug-likeness (QED) is 0.504. The Bertz CT molecular complexity index is 660. The molecule has 0 aliphatic carbocycles. The first-order valence-electron chi connectivity index (χ1n) is 5.20. The molecular formula is C11H12N4OS2. The van der Waals surface area contributed by atoms with Crippen LogP contribution in [0.4, 0.5) is 0 Å². The molecule has 0 amide bonds. The lowest BCUT2D eigenvalue weighted by molar-refractivity contribution is 0.759. The molecule has 0 bridgehead atoms. The molecule has 2 rings (SSSR count). The number of nitrogens with zero attached hydrogens (tertiary/aromatic N) is 2. The van der Waals surface area contributed by atoms with Crippen molar-refractivity contribution in [1.29, 1.82) is 0 Å². The molecule has 0 radical (unpaired) electrons. The number of hydrogen-bond donors (Lipinski definition) is 2. The van der Waals surface area contributed by atoms with Gasteiger partial charge in [0.2, 0.25) is 4.77 Å². The fourth-order valence-corrected chi connectivity index (χ4v) is 2.04. The smallest absolute Gasteiger partial charge is 0.295 e. The summed E-state index contributed by atoms with van der Waals surface area (Å²) in [6, 6.07) is 7.95. The predicted octanol–water partition coefficient (Wildman–Crippen LogP) is 1.33. The minimum atomic E-state index is -0.368. The van der Waals surface area contributed by atoms with E-state index in [1.165, 1.54) is 4.90 Å². The molecule has 0 spiro atoms. The van der Waals surface area contributed by atoms with E-state index in [4.69, 9.17) is 18.1 Å². The molecule has 1 aromatic carbocycles. The highest BCUT2D eigenvalue weighted by atomic mass is 32.2. The Kier molecular flexibility index (Phi) is 3.83. The molecule has 0 aliphatic heterocycles. The lowest BCUT2D eigenvalue weighted by Gasteiger charge is -2.03. The summed E-state index contributed by atoms with van der Waals surface area (Å²) in [5.41, 5.74) is 0.985. The fraction of sp³-hybridized carbons (Fsp3) is 0.182. The minimum Gasteiger partial charge on any atom is -0.334 e. The zero-order chi connectivity index (χ0) is 13.1. The first-order valence-corrected chi connectivity index (χ1v) is 6.83. The monoisotopic (exact) mass is 280 g/mol. The number of nitrogens with two attached hydrogens (primary N) is 1. The van der Waals surface area contributed by atoms with Gasteiger partial charge in [0.25, 0.3) is 5.56 Å². The summed E-state index contributed by atoms with van der Waals surface area (Å²) in [7, 11) is 0. The van der Waals surface area contributed by atoms with Crippen LogP contribution in [0, 0.1) is 4.77 Å². The van der Waals surface area contributed by atoms with Gasteiger partial charge in [0.05, 0.1) is 0 Å². The number of nitrogen functional groups attached to an aromatic ring is 1. The van der Waals surface area contributed by atoms with Gasteiger partial charge in [-0.15, -0.1) is 11.8 Å². The van der Waals surface area contributed by atoms with Gasteiger partial charge in [0.1, 0.15) is 5.69 Å². The summed E-state index contributed by atoms with van der Waals surface area (Å²) in [5, 5.41) is 6.48. The highest BCUT2D eigenvalue weighted by molar-refractivity contribution is 7.98. The van der Waals surface area contributed by atoms with Gasteiger partial charge >= 0.3 is 0 Å². The maximum atomic E-state index is 11.8. The lowest BCUT2D eigenvalue weighted by Crippen LogP contribution is -2.32. The fourth-order valence-electron chi connectivity index (χ4n) is 1.50. The molecule has 0 atom stereocenters. The molecule has 0 aliphatic rings. The first kappa shape index (κ1) is 12.8. The van der Waals surface area contributed by atoms with Gasteiger partial charge in [-0.3, -0.25) is 9.89 Å².